The molecule has 0 radical (unpaired) electrons. The van der Waals surface area contributed by atoms with E-state index in [9.17, 15) is 4.79 Å². The first-order valence-corrected chi connectivity index (χ1v) is 9.39. The van der Waals surface area contributed by atoms with Gasteiger partial charge in [-0.3, -0.25) is 4.79 Å². The number of nitrogens with zero attached hydrogens (tertiary/aromatic N) is 2. The number of ether oxygens (including phenoxy) is 2. The van der Waals surface area contributed by atoms with Gasteiger partial charge >= 0.3 is 0 Å². The van der Waals surface area contributed by atoms with E-state index in [1.54, 1.807) is 7.11 Å². The molecule has 1 unspecified atom stereocenters. The fraction of sp³-hybridized carbons (Fsp3) is 0.409. The molecule has 5 nitrogen and oxygen atoms in total. The molecule has 0 spiro atoms. The molecule has 1 saturated heterocycles. The second kappa shape index (κ2) is 8.33. The monoisotopic (exact) mass is 368 g/mol. The van der Waals surface area contributed by atoms with Crippen molar-refractivity contribution in [2.24, 2.45) is 0 Å². The summed E-state index contributed by atoms with van der Waals surface area (Å²) in [7, 11) is 1.67. The summed E-state index contributed by atoms with van der Waals surface area (Å²) in [5.41, 5.74) is 3.43. The molecule has 27 heavy (non-hydrogen) atoms. The standard InChI is InChI=1S/C22H28N2O3/c1-16-13-17(2)15-21(14-16)27-18(3)22(25)24-11-9-23(10-12-24)19-5-7-20(26-4)8-6-19/h5-8,13-15,18H,9-12H2,1-4H3. The fourth-order valence-electron chi connectivity index (χ4n) is 3.49. The van der Waals surface area contributed by atoms with Crippen LogP contribution in [-0.2, 0) is 4.79 Å². The van der Waals surface area contributed by atoms with E-state index in [0.717, 1.165) is 41.4 Å². The van der Waals surface area contributed by atoms with E-state index < -0.39 is 6.10 Å². The van der Waals surface area contributed by atoms with Gasteiger partial charge in [-0.25, -0.2) is 0 Å². The van der Waals surface area contributed by atoms with Crippen molar-refractivity contribution in [1.29, 1.82) is 0 Å². The molecule has 1 fully saturated rings. The Morgan fingerprint density at radius 2 is 1.52 bits per heavy atom. The summed E-state index contributed by atoms with van der Waals surface area (Å²) in [6.45, 7) is 8.92. The highest BCUT2D eigenvalue weighted by Gasteiger charge is 2.26. The summed E-state index contributed by atoms with van der Waals surface area (Å²) in [5, 5.41) is 0. The Balaban J connectivity index is 1.55. The Bertz CT molecular complexity index is 760. The molecular formula is C22H28N2O3. The van der Waals surface area contributed by atoms with E-state index in [4.69, 9.17) is 9.47 Å². The molecule has 1 atom stereocenters. The van der Waals surface area contributed by atoms with E-state index >= 15 is 0 Å². The molecule has 2 aromatic carbocycles. The van der Waals surface area contributed by atoms with Crippen LogP contribution in [0, 0.1) is 13.8 Å². The van der Waals surface area contributed by atoms with Gasteiger partial charge in [0.1, 0.15) is 11.5 Å². The number of amides is 1. The number of rotatable bonds is 5. The van der Waals surface area contributed by atoms with Crippen molar-refractivity contribution in [2.75, 3.05) is 38.2 Å². The molecule has 1 amide bonds. The lowest BCUT2D eigenvalue weighted by molar-refractivity contribution is -0.138. The zero-order valence-corrected chi connectivity index (χ0v) is 16.6. The zero-order valence-electron chi connectivity index (χ0n) is 16.6. The predicted molar refractivity (Wildman–Crippen MR) is 108 cm³/mol. The second-order valence-electron chi connectivity index (χ2n) is 7.09. The molecule has 1 aliphatic heterocycles. The largest absolute Gasteiger partial charge is 0.497 e. The van der Waals surface area contributed by atoms with Crippen molar-refractivity contribution in [3.05, 3.63) is 53.6 Å². The lowest BCUT2D eigenvalue weighted by Gasteiger charge is -2.37. The topological polar surface area (TPSA) is 42.0 Å². The maximum absolute atomic E-state index is 12.8. The van der Waals surface area contributed by atoms with Gasteiger partial charge in [0.25, 0.3) is 5.91 Å². The van der Waals surface area contributed by atoms with Crippen molar-refractivity contribution in [3.8, 4) is 11.5 Å². The van der Waals surface area contributed by atoms with Gasteiger partial charge in [-0.2, -0.15) is 0 Å². The van der Waals surface area contributed by atoms with Crippen LogP contribution in [0.1, 0.15) is 18.1 Å². The minimum atomic E-state index is -0.487. The summed E-state index contributed by atoms with van der Waals surface area (Å²) >= 11 is 0. The van der Waals surface area contributed by atoms with Gasteiger partial charge in [0.2, 0.25) is 0 Å². The maximum Gasteiger partial charge on any atom is 0.263 e. The Hall–Kier alpha value is -2.69. The molecule has 0 bridgehead atoms. The van der Waals surface area contributed by atoms with Gasteiger partial charge in [-0.05, 0) is 68.3 Å². The van der Waals surface area contributed by atoms with Gasteiger partial charge in [0.05, 0.1) is 7.11 Å². The summed E-state index contributed by atoms with van der Waals surface area (Å²) in [4.78, 5) is 17.0. The number of carbonyl (C=O) groups is 1. The van der Waals surface area contributed by atoms with Crippen molar-refractivity contribution < 1.29 is 14.3 Å². The van der Waals surface area contributed by atoms with Gasteiger partial charge in [-0.1, -0.05) is 6.07 Å². The number of methoxy groups -OCH3 is 1. The number of carbonyl (C=O) groups excluding carboxylic acids is 1. The lowest BCUT2D eigenvalue weighted by atomic mass is 10.1. The van der Waals surface area contributed by atoms with Crippen LogP contribution in [0.5, 0.6) is 11.5 Å². The maximum atomic E-state index is 12.8. The highest BCUT2D eigenvalue weighted by Crippen LogP contribution is 2.22. The Kier molecular flexibility index (Phi) is 5.89. The fourth-order valence-corrected chi connectivity index (χ4v) is 3.49. The molecule has 144 valence electrons. The summed E-state index contributed by atoms with van der Waals surface area (Å²) in [6.07, 6.45) is -0.487. The van der Waals surface area contributed by atoms with Gasteiger partial charge in [0.15, 0.2) is 6.10 Å². The summed E-state index contributed by atoms with van der Waals surface area (Å²) < 4.78 is 11.1. The van der Waals surface area contributed by atoms with Crippen LogP contribution in [0.25, 0.3) is 0 Å². The SMILES string of the molecule is COc1ccc(N2CCN(C(=O)C(C)Oc3cc(C)cc(C)c3)CC2)cc1. The number of aryl methyl sites for hydroxylation is 2. The summed E-state index contributed by atoms with van der Waals surface area (Å²) in [6, 6.07) is 14.1. The van der Waals surface area contributed by atoms with E-state index in [1.807, 2.05) is 49.9 Å². The lowest BCUT2D eigenvalue weighted by Crippen LogP contribution is -2.52. The minimum Gasteiger partial charge on any atom is -0.497 e. The molecule has 0 saturated carbocycles. The summed E-state index contributed by atoms with van der Waals surface area (Å²) in [5.74, 6) is 1.65. The van der Waals surface area contributed by atoms with Crippen molar-refractivity contribution in [3.63, 3.8) is 0 Å². The highest BCUT2D eigenvalue weighted by molar-refractivity contribution is 5.81. The van der Waals surface area contributed by atoms with Gasteiger partial charge < -0.3 is 19.3 Å². The quantitative estimate of drug-likeness (QED) is 0.811. The molecule has 5 heteroatoms. The highest BCUT2D eigenvalue weighted by atomic mass is 16.5. The second-order valence-corrected chi connectivity index (χ2v) is 7.09. The smallest absolute Gasteiger partial charge is 0.263 e. The van der Waals surface area contributed by atoms with Crippen LogP contribution < -0.4 is 14.4 Å². The van der Waals surface area contributed by atoms with Crippen LogP contribution in [0.15, 0.2) is 42.5 Å². The molecule has 1 heterocycles. The number of hydrogen-bond donors (Lipinski definition) is 0. The average molecular weight is 368 g/mol. The Morgan fingerprint density at radius 1 is 0.926 bits per heavy atom. The predicted octanol–water partition coefficient (Wildman–Crippen LogP) is 3.43. The minimum absolute atomic E-state index is 0.0449. The third kappa shape index (κ3) is 4.73. The van der Waals surface area contributed by atoms with Crippen LogP contribution >= 0.6 is 0 Å². The van der Waals surface area contributed by atoms with Crippen LogP contribution in [0.3, 0.4) is 0 Å². The van der Waals surface area contributed by atoms with Crippen molar-refractivity contribution in [2.45, 2.75) is 26.9 Å². The van der Waals surface area contributed by atoms with Gasteiger partial charge in [-0.15, -0.1) is 0 Å². The molecule has 0 aromatic heterocycles. The Labute approximate surface area is 161 Å². The number of anilines is 1. The first-order valence-electron chi connectivity index (χ1n) is 9.39. The Morgan fingerprint density at radius 3 is 2.07 bits per heavy atom. The molecule has 2 aromatic rings. The first-order chi connectivity index (χ1) is 13.0. The molecular weight excluding hydrogens is 340 g/mol. The molecule has 3 rings (SSSR count). The third-order valence-corrected chi connectivity index (χ3v) is 4.88. The van der Waals surface area contributed by atoms with Crippen LogP contribution in [0.2, 0.25) is 0 Å². The molecule has 1 aliphatic rings. The number of hydrogen-bond acceptors (Lipinski definition) is 4. The normalized spacial score (nSPS) is 15.4. The van der Waals surface area contributed by atoms with E-state index in [1.165, 1.54) is 0 Å². The van der Waals surface area contributed by atoms with Crippen LogP contribution in [-0.4, -0.2) is 50.2 Å². The average Bonchev–Trinajstić information content (AvgIpc) is 2.67. The molecule has 0 aliphatic carbocycles. The van der Waals surface area contributed by atoms with Crippen molar-refractivity contribution >= 4 is 11.6 Å². The van der Waals surface area contributed by atoms with Crippen LogP contribution in [0.4, 0.5) is 5.69 Å². The third-order valence-electron chi connectivity index (χ3n) is 4.88. The van der Waals surface area contributed by atoms with Crippen molar-refractivity contribution in [1.82, 2.24) is 4.90 Å². The first kappa shape index (κ1) is 19.1. The van der Waals surface area contributed by atoms with E-state index in [2.05, 4.69) is 23.1 Å². The van der Waals surface area contributed by atoms with E-state index in [-0.39, 0.29) is 5.91 Å². The molecule has 0 N–H and O–H groups in total. The van der Waals surface area contributed by atoms with Gasteiger partial charge in [0, 0.05) is 31.9 Å². The number of piperazine rings is 1. The van der Waals surface area contributed by atoms with E-state index in [0.29, 0.717) is 13.1 Å². The number of benzene rings is 2. The zero-order chi connectivity index (χ0) is 19.4.